The molecule has 0 spiro atoms. The van der Waals surface area contributed by atoms with Gasteiger partial charge in [0.25, 0.3) is 0 Å². The van der Waals surface area contributed by atoms with Gasteiger partial charge in [0.15, 0.2) is 0 Å². The molecule has 2 aliphatic rings. The van der Waals surface area contributed by atoms with E-state index in [4.69, 9.17) is 4.74 Å². The number of hydrogen-bond donors (Lipinski definition) is 1. The van der Waals surface area contributed by atoms with Gasteiger partial charge in [-0.2, -0.15) is 0 Å². The standard InChI is InChI=1S/C17H25FN2O/c1-2-20(16-11-14-5-6-15(12-16)19-14)9-10-21-17-7-3-13(18)4-8-17/h3-4,7-8,14-16,19H,2,5-6,9-12H2,1H3. The number of benzene rings is 1. The Labute approximate surface area is 126 Å². The molecule has 3 rings (SSSR count). The third kappa shape index (κ3) is 3.74. The predicted octanol–water partition coefficient (Wildman–Crippen LogP) is 2.81. The Bertz CT molecular complexity index is 439. The first-order valence-electron chi connectivity index (χ1n) is 8.13. The van der Waals surface area contributed by atoms with Gasteiger partial charge in [-0.3, -0.25) is 4.90 Å². The molecular formula is C17H25FN2O. The van der Waals surface area contributed by atoms with Gasteiger partial charge in [0.2, 0.25) is 0 Å². The molecule has 2 heterocycles. The zero-order valence-corrected chi connectivity index (χ0v) is 12.7. The summed E-state index contributed by atoms with van der Waals surface area (Å²) in [5, 5.41) is 3.69. The fraction of sp³-hybridized carbons (Fsp3) is 0.647. The van der Waals surface area contributed by atoms with E-state index >= 15 is 0 Å². The average molecular weight is 292 g/mol. The Hall–Kier alpha value is -1.13. The van der Waals surface area contributed by atoms with Gasteiger partial charge in [0.05, 0.1) is 0 Å². The highest BCUT2D eigenvalue weighted by Gasteiger charge is 2.35. The topological polar surface area (TPSA) is 24.5 Å². The normalized spacial score (nSPS) is 28.0. The first-order chi connectivity index (χ1) is 10.2. The minimum absolute atomic E-state index is 0.220. The molecule has 2 aliphatic heterocycles. The van der Waals surface area contributed by atoms with Crippen molar-refractivity contribution in [2.24, 2.45) is 0 Å². The fourth-order valence-corrected chi connectivity index (χ4v) is 3.74. The third-order valence-electron chi connectivity index (χ3n) is 4.83. The van der Waals surface area contributed by atoms with E-state index in [1.165, 1.54) is 37.8 Å². The summed E-state index contributed by atoms with van der Waals surface area (Å²) >= 11 is 0. The summed E-state index contributed by atoms with van der Waals surface area (Å²) in [6.45, 7) is 4.90. The van der Waals surface area contributed by atoms with Crippen molar-refractivity contribution in [2.75, 3.05) is 19.7 Å². The molecule has 4 heteroatoms. The van der Waals surface area contributed by atoms with E-state index in [1.807, 2.05) is 0 Å². The molecule has 0 radical (unpaired) electrons. The molecule has 0 saturated carbocycles. The van der Waals surface area contributed by atoms with Gasteiger partial charge in [-0.05, 0) is 56.5 Å². The minimum Gasteiger partial charge on any atom is -0.492 e. The summed E-state index contributed by atoms with van der Waals surface area (Å²) in [5.41, 5.74) is 0. The van der Waals surface area contributed by atoms with Crippen LogP contribution in [0.1, 0.15) is 32.6 Å². The number of piperidine rings is 1. The number of fused-ring (bicyclic) bond motifs is 2. The highest BCUT2D eigenvalue weighted by atomic mass is 19.1. The van der Waals surface area contributed by atoms with Gasteiger partial charge in [-0.15, -0.1) is 0 Å². The lowest BCUT2D eigenvalue weighted by Gasteiger charge is -2.37. The summed E-state index contributed by atoms with van der Waals surface area (Å²) < 4.78 is 18.6. The monoisotopic (exact) mass is 292 g/mol. The second-order valence-electron chi connectivity index (χ2n) is 6.19. The van der Waals surface area contributed by atoms with Gasteiger partial charge in [0, 0.05) is 24.7 Å². The lowest BCUT2D eigenvalue weighted by molar-refractivity contribution is 0.125. The molecule has 2 unspecified atom stereocenters. The summed E-state index contributed by atoms with van der Waals surface area (Å²) in [6.07, 6.45) is 5.21. The van der Waals surface area contributed by atoms with Crippen molar-refractivity contribution in [1.82, 2.24) is 10.2 Å². The van der Waals surface area contributed by atoms with Crippen LogP contribution in [0.5, 0.6) is 5.75 Å². The number of ether oxygens (including phenoxy) is 1. The molecule has 2 fully saturated rings. The number of nitrogens with one attached hydrogen (secondary N) is 1. The highest BCUT2D eigenvalue weighted by Crippen LogP contribution is 2.29. The van der Waals surface area contributed by atoms with Crippen molar-refractivity contribution in [1.29, 1.82) is 0 Å². The van der Waals surface area contributed by atoms with Crippen LogP contribution in [0.25, 0.3) is 0 Å². The maximum absolute atomic E-state index is 12.8. The van der Waals surface area contributed by atoms with Crippen molar-refractivity contribution in [3.8, 4) is 5.75 Å². The summed E-state index contributed by atoms with van der Waals surface area (Å²) in [6, 6.07) is 8.40. The number of halogens is 1. The average Bonchev–Trinajstić information content (AvgIpc) is 2.84. The highest BCUT2D eigenvalue weighted by molar-refractivity contribution is 5.21. The van der Waals surface area contributed by atoms with E-state index in [0.29, 0.717) is 12.6 Å². The molecule has 21 heavy (non-hydrogen) atoms. The summed E-state index contributed by atoms with van der Waals surface area (Å²) in [7, 11) is 0. The molecule has 2 bridgehead atoms. The van der Waals surface area contributed by atoms with Gasteiger partial charge in [-0.1, -0.05) is 6.92 Å². The van der Waals surface area contributed by atoms with Crippen molar-refractivity contribution < 1.29 is 9.13 Å². The molecule has 2 saturated heterocycles. The second kappa shape index (κ2) is 6.75. The van der Waals surface area contributed by atoms with Gasteiger partial charge < -0.3 is 10.1 Å². The number of likely N-dealkylation sites (N-methyl/N-ethyl adjacent to an activating group) is 1. The quantitative estimate of drug-likeness (QED) is 0.872. The fourth-order valence-electron chi connectivity index (χ4n) is 3.74. The maximum Gasteiger partial charge on any atom is 0.123 e. The van der Waals surface area contributed by atoms with Crippen LogP contribution in [0.2, 0.25) is 0 Å². The van der Waals surface area contributed by atoms with E-state index in [0.717, 1.165) is 30.9 Å². The van der Waals surface area contributed by atoms with E-state index in [2.05, 4.69) is 17.1 Å². The van der Waals surface area contributed by atoms with Crippen LogP contribution in [0.3, 0.4) is 0 Å². The lowest BCUT2D eigenvalue weighted by atomic mass is 9.98. The lowest BCUT2D eigenvalue weighted by Crippen LogP contribution is -2.49. The summed E-state index contributed by atoms with van der Waals surface area (Å²) in [4.78, 5) is 2.54. The molecule has 0 aliphatic carbocycles. The van der Waals surface area contributed by atoms with Crippen molar-refractivity contribution in [3.63, 3.8) is 0 Å². The van der Waals surface area contributed by atoms with Crippen LogP contribution in [0, 0.1) is 5.82 Å². The molecule has 3 nitrogen and oxygen atoms in total. The van der Waals surface area contributed by atoms with Crippen LogP contribution >= 0.6 is 0 Å². The van der Waals surface area contributed by atoms with Crippen molar-refractivity contribution in [2.45, 2.75) is 50.7 Å². The van der Waals surface area contributed by atoms with Crippen LogP contribution in [-0.4, -0.2) is 42.7 Å². The molecule has 1 N–H and O–H groups in total. The molecular weight excluding hydrogens is 267 g/mol. The van der Waals surface area contributed by atoms with E-state index in [1.54, 1.807) is 12.1 Å². The first kappa shape index (κ1) is 14.8. The molecule has 1 aromatic carbocycles. The smallest absolute Gasteiger partial charge is 0.123 e. The minimum atomic E-state index is -0.220. The maximum atomic E-state index is 12.8. The largest absolute Gasteiger partial charge is 0.492 e. The molecule has 116 valence electrons. The van der Waals surface area contributed by atoms with E-state index in [9.17, 15) is 4.39 Å². The third-order valence-corrected chi connectivity index (χ3v) is 4.83. The Balaban J connectivity index is 1.47. The molecule has 1 aromatic rings. The van der Waals surface area contributed by atoms with Crippen molar-refractivity contribution >= 4 is 0 Å². The Morgan fingerprint density at radius 2 is 1.86 bits per heavy atom. The van der Waals surface area contributed by atoms with Gasteiger partial charge in [0.1, 0.15) is 18.2 Å². The summed E-state index contributed by atoms with van der Waals surface area (Å²) in [5.74, 6) is 0.528. The Kier molecular flexibility index (Phi) is 4.76. The molecule has 2 atom stereocenters. The predicted molar refractivity (Wildman–Crippen MR) is 82.1 cm³/mol. The van der Waals surface area contributed by atoms with Crippen LogP contribution < -0.4 is 10.1 Å². The SMILES string of the molecule is CCN(CCOc1ccc(F)cc1)C1CC2CCC(C1)N2. The zero-order chi connectivity index (χ0) is 14.7. The van der Waals surface area contributed by atoms with Crippen LogP contribution in [0.4, 0.5) is 4.39 Å². The van der Waals surface area contributed by atoms with Crippen molar-refractivity contribution in [3.05, 3.63) is 30.1 Å². The van der Waals surface area contributed by atoms with Gasteiger partial charge >= 0.3 is 0 Å². The number of nitrogens with zero attached hydrogens (tertiary/aromatic N) is 1. The van der Waals surface area contributed by atoms with E-state index in [-0.39, 0.29) is 5.82 Å². The number of rotatable bonds is 6. The Morgan fingerprint density at radius 3 is 2.48 bits per heavy atom. The van der Waals surface area contributed by atoms with Crippen LogP contribution in [0.15, 0.2) is 24.3 Å². The second-order valence-corrected chi connectivity index (χ2v) is 6.19. The zero-order valence-electron chi connectivity index (χ0n) is 12.7. The van der Waals surface area contributed by atoms with Crippen LogP contribution in [-0.2, 0) is 0 Å². The Morgan fingerprint density at radius 1 is 1.19 bits per heavy atom. The van der Waals surface area contributed by atoms with Gasteiger partial charge in [-0.25, -0.2) is 4.39 Å². The first-order valence-corrected chi connectivity index (χ1v) is 8.13. The molecule has 0 amide bonds. The number of hydrogen-bond acceptors (Lipinski definition) is 3. The molecule has 0 aromatic heterocycles. The van der Waals surface area contributed by atoms with E-state index < -0.39 is 0 Å².